The largest absolute Gasteiger partial charge is 0.451 e. The fraction of sp³-hybridized carbons (Fsp3) is 0.217. The van der Waals surface area contributed by atoms with Gasteiger partial charge in [0.15, 0.2) is 11.5 Å². The maximum absolute atomic E-state index is 12.8. The summed E-state index contributed by atoms with van der Waals surface area (Å²) in [6.45, 7) is 1.09. The van der Waals surface area contributed by atoms with Crippen molar-refractivity contribution in [3.05, 3.63) is 83.1 Å². The van der Waals surface area contributed by atoms with E-state index in [0.717, 1.165) is 11.1 Å². The molecule has 2 aromatic carbocycles. The van der Waals surface area contributed by atoms with Crippen molar-refractivity contribution in [2.24, 2.45) is 5.92 Å². The Bertz CT molecular complexity index is 988. The number of ketones is 1. The van der Waals surface area contributed by atoms with E-state index in [1.165, 1.54) is 0 Å². The zero-order valence-electron chi connectivity index (χ0n) is 15.3. The van der Waals surface area contributed by atoms with Gasteiger partial charge in [0, 0.05) is 30.1 Å². The minimum absolute atomic E-state index is 0.0401. The van der Waals surface area contributed by atoms with Gasteiger partial charge in [0.25, 0.3) is 5.91 Å². The van der Waals surface area contributed by atoms with Gasteiger partial charge in [0.05, 0.1) is 5.02 Å². The number of rotatable bonds is 4. The second-order valence-corrected chi connectivity index (χ2v) is 7.35. The maximum atomic E-state index is 12.8. The highest BCUT2D eigenvalue weighted by Gasteiger charge is 2.29. The summed E-state index contributed by atoms with van der Waals surface area (Å²) in [5, 5.41) is 0.580. The Kier molecular flexibility index (Phi) is 5.31. The van der Waals surface area contributed by atoms with Crippen LogP contribution in [0.15, 0.2) is 71.1 Å². The molecule has 3 aromatic rings. The van der Waals surface area contributed by atoms with Crippen LogP contribution in [0.5, 0.6) is 0 Å². The molecule has 1 fully saturated rings. The fourth-order valence-corrected chi connectivity index (χ4v) is 3.83. The van der Waals surface area contributed by atoms with Crippen LogP contribution < -0.4 is 0 Å². The molecule has 1 amide bonds. The third-order valence-electron chi connectivity index (χ3n) is 5.17. The Labute approximate surface area is 168 Å². The van der Waals surface area contributed by atoms with Crippen molar-refractivity contribution >= 4 is 23.3 Å². The average Bonchev–Trinajstić information content (AvgIpc) is 3.24. The summed E-state index contributed by atoms with van der Waals surface area (Å²) >= 11 is 6.21. The number of Topliss-reactive ketones (excluding diaryl/α,β-unsaturated/α-hetero) is 1. The van der Waals surface area contributed by atoms with E-state index in [1.54, 1.807) is 23.1 Å². The van der Waals surface area contributed by atoms with Crippen LogP contribution in [0.25, 0.3) is 11.3 Å². The van der Waals surface area contributed by atoms with E-state index in [-0.39, 0.29) is 17.6 Å². The van der Waals surface area contributed by atoms with E-state index in [2.05, 4.69) is 0 Å². The summed E-state index contributed by atoms with van der Waals surface area (Å²) in [6, 6.07) is 20.2. The molecule has 5 heteroatoms. The number of piperidine rings is 1. The van der Waals surface area contributed by atoms with Crippen LogP contribution in [-0.2, 0) is 0 Å². The van der Waals surface area contributed by atoms with Crippen molar-refractivity contribution in [2.75, 3.05) is 13.1 Å². The zero-order valence-corrected chi connectivity index (χ0v) is 16.1. The number of furan rings is 1. The fourth-order valence-electron chi connectivity index (χ4n) is 3.60. The quantitative estimate of drug-likeness (QED) is 0.562. The Hall–Kier alpha value is -2.85. The van der Waals surface area contributed by atoms with Gasteiger partial charge in [-0.05, 0) is 37.1 Å². The van der Waals surface area contributed by atoms with Crippen LogP contribution in [-0.4, -0.2) is 29.7 Å². The van der Waals surface area contributed by atoms with Crippen molar-refractivity contribution in [3.8, 4) is 11.3 Å². The van der Waals surface area contributed by atoms with Crippen LogP contribution >= 0.6 is 11.6 Å². The van der Waals surface area contributed by atoms with E-state index in [0.29, 0.717) is 42.5 Å². The predicted octanol–water partition coefficient (Wildman–Crippen LogP) is 5.34. The number of amides is 1. The van der Waals surface area contributed by atoms with Crippen molar-refractivity contribution < 1.29 is 14.0 Å². The smallest absolute Gasteiger partial charge is 0.289 e. The molecule has 4 nitrogen and oxygen atoms in total. The average molecular weight is 394 g/mol. The molecule has 0 atom stereocenters. The molecule has 1 aromatic heterocycles. The number of hydrogen-bond donors (Lipinski definition) is 0. The number of hydrogen-bond acceptors (Lipinski definition) is 3. The number of benzene rings is 2. The normalized spacial score (nSPS) is 14.8. The summed E-state index contributed by atoms with van der Waals surface area (Å²) in [5.74, 6) is 0.836. The number of carbonyl (C=O) groups excluding carboxylic acids is 2. The molecule has 4 rings (SSSR count). The van der Waals surface area contributed by atoms with Crippen molar-refractivity contribution in [1.29, 1.82) is 0 Å². The zero-order chi connectivity index (χ0) is 19.5. The first-order valence-corrected chi connectivity index (χ1v) is 9.74. The molecule has 0 unspecified atom stereocenters. The van der Waals surface area contributed by atoms with Gasteiger partial charge < -0.3 is 9.32 Å². The molecule has 1 aliphatic rings. The van der Waals surface area contributed by atoms with Gasteiger partial charge in [-0.15, -0.1) is 0 Å². The lowest BCUT2D eigenvalue weighted by atomic mass is 9.89. The topological polar surface area (TPSA) is 50.5 Å². The molecule has 0 radical (unpaired) electrons. The Morgan fingerprint density at radius 3 is 2.29 bits per heavy atom. The van der Waals surface area contributed by atoms with Crippen LogP contribution in [0, 0.1) is 5.92 Å². The Morgan fingerprint density at radius 2 is 1.57 bits per heavy atom. The summed E-state index contributed by atoms with van der Waals surface area (Å²) in [4.78, 5) is 27.1. The minimum atomic E-state index is -0.149. The molecule has 142 valence electrons. The number of halogens is 1. The van der Waals surface area contributed by atoms with Crippen LogP contribution in [0.1, 0.15) is 33.8 Å². The van der Waals surface area contributed by atoms with Crippen LogP contribution in [0.4, 0.5) is 0 Å². The molecule has 0 N–H and O–H groups in total. The lowest BCUT2D eigenvalue weighted by Crippen LogP contribution is -2.40. The van der Waals surface area contributed by atoms with Crippen molar-refractivity contribution in [1.82, 2.24) is 4.90 Å². The maximum Gasteiger partial charge on any atom is 0.289 e. The van der Waals surface area contributed by atoms with E-state index in [1.807, 2.05) is 48.5 Å². The molecule has 0 saturated carbocycles. The molecule has 2 heterocycles. The van der Waals surface area contributed by atoms with Gasteiger partial charge >= 0.3 is 0 Å². The third-order valence-corrected chi connectivity index (χ3v) is 5.50. The second kappa shape index (κ2) is 8.03. The molecular formula is C23H20ClNO3. The van der Waals surface area contributed by atoms with E-state index < -0.39 is 0 Å². The number of nitrogens with zero attached hydrogens (tertiary/aromatic N) is 1. The standard InChI is InChI=1S/C23H20ClNO3/c24-19-9-5-4-8-18(19)20-10-11-21(28-20)23(27)25-14-12-17(13-15-25)22(26)16-6-2-1-3-7-16/h1-11,17H,12-15H2. The van der Waals surface area contributed by atoms with E-state index in [4.69, 9.17) is 16.0 Å². The van der Waals surface area contributed by atoms with Gasteiger partial charge in [-0.25, -0.2) is 0 Å². The van der Waals surface area contributed by atoms with Gasteiger partial charge in [0.2, 0.25) is 0 Å². The SMILES string of the molecule is O=C(c1ccccc1)C1CCN(C(=O)c2ccc(-c3ccccc3Cl)o2)CC1. The highest BCUT2D eigenvalue weighted by molar-refractivity contribution is 6.33. The monoisotopic (exact) mass is 393 g/mol. The first-order chi connectivity index (χ1) is 13.6. The first-order valence-electron chi connectivity index (χ1n) is 9.37. The lowest BCUT2D eigenvalue weighted by Gasteiger charge is -2.30. The van der Waals surface area contributed by atoms with Gasteiger partial charge in [0.1, 0.15) is 5.76 Å². The summed E-state index contributed by atoms with van der Waals surface area (Å²) in [7, 11) is 0. The molecular weight excluding hydrogens is 374 g/mol. The van der Waals surface area contributed by atoms with Crippen LogP contribution in [0.3, 0.4) is 0 Å². The van der Waals surface area contributed by atoms with Crippen molar-refractivity contribution in [2.45, 2.75) is 12.8 Å². The Morgan fingerprint density at radius 1 is 0.893 bits per heavy atom. The minimum Gasteiger partial charge on any atom is -0.451 e. The van der Waals surface area contributed by atoms with Gasteiger partial charge in [-0.1, -0.05) is 54.1 Å². The molecule has 0 aliphatic carbocycles. The highest BCUT2D eigenvalue weighted by Crippen LogP contribution is 2.30. The first kappa shape index (κ1) is 18.5. The van der Waals surface area contributed by atoms with Crippen LogP contribution in [0.2, 0.25) is 5.02 Å². The predicted molar refractivity (Wildman–Crippen MR) is 109 cm³/mol. The molecule has 0 bridgehead atoms. The molecule has 1 saturated heterocycles. The van der Waals surface area contributed by atoms with Gasteiger partial charge in [-0.2, -0.15) is 0 Å². The molecule has 1 aliphatic heterocycles. The Balaban J connectivity index is 1.41. The van der Waals surface area contributed by atoms with E-state index in [9.17, 15) is 9.59 Å². The number of carbonyl (C=O) groups is 2. The summed E-state index contributed by atoms with van der Waals surface area (Å²) in [5.41, 5.74) is 1.50. The lowest BCUT2D eigenvalue weighted by molar-refractivity contribution is 0.0625. The summed E-state index contributed by atoms with van der Waals surface area (Å²) in [6.07, 6.45) is 1.33. The van der Waals surface area contributed by atoms with Gasteiger partial charge in [-0.3, -0.25) is 9.59 Å². The summed E-state index contributed by atoms with van der Waals surface area (Å²) < 4.78 is 5.77. The van der Waals surface area contributed by atoms with Crippen molar-refractivity contribution in [3.63, 3.8) is 0 Å². The number of likely N-dealkylation sites (tertiary alicyclic amines) is 1. The van der Waals surface area contributed by atoms with E-state index >= 15 is 0 Å². The second-order valence-electron chi connectivity index (χ2n) is 6.94. The third kappa shape index (κ3) is 3.73. The molecule has 28 heavy (non-hydrogen) atoms. The highest BCUT2D eigenvalue weighted by atomic mass is 35.5. The molecule has 0 spiro atoms.